The Morgan fingerprint density at radius 3 is 2.63 bits per heavy atom. The largest absolute Gasteiger partial charge is 0.431 e. The number of rotatable bonds is 4. The van der Waals surface area contributed by atoms with Gasteiger partial charge in [0.25, 0.3) is 5.56 Å². The van der Waals surface area contributed by atoms with Crippen LogP contribution in [0, 0.1) is 0 Å². The standard InChI is InChI=1S/C19H14F3N3O3S2/c1-24-14(19(20,21)22)8-15(26)25(18(24)27)11-3-4-13-12(7-11)16(23-30-13)17-10(9-28-2)5-6-29-17/h3-8H,9H2,1-2H3. The third kappa shape index (κ3) is 3.38. The molecule has 3 aromatic heterocycles. The topological polar surface area (TPSA) is 66.1 Å². The van der Waals surface area contributed by atoms with Gasteiger partial charge in [0, 0.05) is 25.6 Å². The van der Waals surface area contributed by atoms with E-state index in [9.17, 15) is 22.8 Å². The molecule has 6 nitrogen and oxygen atoms in total. The molecule has 11 heteroatoms. The third-order valence-electron chi connectivity index (χ3n) is 4.58. The summed E-state index contributed by atoms with van der Waals surface area (Å²) >= 11 is 2.74. The van der Waals surface area contributed by atoms with Gasteiger partial charge in [-0.1, -0.05) is 0 Å². The van der Waals surface area contributed by atoms with Gasteiger partial charge in [-0.3, -0.25) is 9.36 Å². The summed E-state index contributed by atoms with van der Waals surface area (Å²) in [6, 6.07) is 7.16. The van der Waals surface area contributed by atoms with Crippen molar-refractivity contribution in [3.8, 4) is 16.3 Å². The molecule has 0 saturated carbocycles. The molecule has 0 saturated heterocycles. The summed E-state index contributed by atoms with van der Waals surface area (Å²) in [6.45, 7) is 0.399. The van der Waals surface area contributed by atoms with Crippen molar-refractivity contribution in [3.63, 3.8) is 0 Å². The van der Waals surface area contributed by atoms with Crippen molar-refractivity contribution in [1.82, 2.24) is 13.5 Å². The van der Waals surface area contributed by atoms with E-state index in [1.807, 2.05) is 11.4 Å². The second-order valence-electron chi connectivity index (χ2n) is 6.46. The second-order valence-corrected chi connectivity index (χ2v) is 8.18. The van der Waals surface area contributed by atoms with Crippen molar-refractivity contribution in [1.29, 1.82) is 0 Å². The van der Waals surface area contributed by atoms with E-state index in [0.717, 1.165) is 26.8 Å². The monoisotopic (exact) mass is 453 g/mol. The van der Waals surface area contributed by atoms with Crippen molar-refractivity contribution >= 4 is 33.0 Å². The summed E-state index contributed by atoms with van der Waals surface area (Å²) in [7, 11) is 2.57. The van der Waals surface area contributed by atoms with Crippen LogP contribution in [0.4, 0.5) is 13.2 Å². The van der Waals surface area contributed by atoms with Gasteiger partial charge in [0.1, 0.15) is 11.4 Å². The Balaban J connectivity index is 1.92. The number of hydrogen-bond acceptors (Lipinski definition) is 6. The minimum Gasteiger partial charge on any atom is -0.380 e. The molecule has 30 heavy (non-hydrogen) atoms. The smallest absolute Gasteiger partial charge is 0.380 e. The molecular formula is C19H14F3N3O3S2. The van der Waals surface area contributed by atoms with Gasteiger partial charge in [0.05, 0.1) is 21.9 Å². The van der Waals surface area contributed by atoms with E-state index in [2.05, 4.69) is 4.37 Å². The van der Waals surface area contributed by atoms with Crippen molar-refractivity contribution in [3.05, 3.63) is 67.8 Å². The Hall–Kier alpha value is -2.76. The highest BCUT2D eigenvalue weighted by Crippen LogP contribution is 2.37. The quantitative estimate of drug-likeness (QED) is 0.468. The average Bonchev–Trinajstić information content (AvgIpc) is 3.30. The Labute approximate surface area is 175 Å². The first-order chi connectivity index (χ1) is 14.2. The average molecular weight is 453 g/mol. The van der Waals surface area contributed by atoms with Crippen LogP contribution in [0.1, 0.15) is 11.3 Å². The summed E-state index contributed by atoms with van der Waals surface area (Å²) in [5.41, 5.74) is -1.62. The molecule has 4 rings (SSSR count). The minimum atomic E-state index is -4.81. The number of fused-ring (bicyclic) bond motifs is 1. The van der Waals surface area contributed by atoms with Crippen LogP contribution in [-0.4, -0.2) is 20.6 Å². The number of benzene rings is 1. The van der Waals surface area contributed by atoms with Gasteiger partial charge < -0.3 is 4.74 Å². The van der Waals surface area contributed by atoms with Crippen LogP contribution in [-0.2, 0) is 24.6 Å². The Morgan fingerprint density at radius 1 is 1.17 bits per heavy atom. The van der Waals surface area contributed by atoms with E-state index in [1.54, 1.807) is 19.2 Å². The molecule has 3 heterocycles. The lowest BCUT2D eigenvalue weighted by molar-refractivity contribution is -0.144. The fourth-order valence-electron chi connectivity index (χ4n) is 3.18. The highest BCUT2D eigenvalue weighted by atomic mass is 32.1. The molecule has 0 radical (unpaired) electrons. The second kappa shape index (κ2) is 7.49. The predicted molar refractivity (Wildman–Crippen MR) is 109 cm³/mol. The first kappa shape index (κ1) is 20.5. The summed E-state index contributed by atoms with van der Waals surface area (Å²) in [5, 5.41) is 2.61. The van der Waals surface area contributed by atoms with Crippen LogP contribution in [0.2, 0.25) is 0 Å². The number of aromatic nitrogens is 3. The zero-order valence-corrected chi connectivity index (χ0v) is 17.3. The van der Waals surface area contributed by atoms with Crippen LogP contribution in [0.5, 0.6) is 0 Å². The highest BCUT2D eigenvalue weighted by Gasteiger charge is 2.35. The van der Waals surface area contributed by atoms with E-state index in [-0.39, 0.29) is 5.69 Å². The maximum absolute atomic E-state index is 13.1. The van der Waals surface area contributed by atoms with Crippen LogP contribution < -0.4 is 11.2 Å². The Bertz CT molecular complexity index is 1370. The lowest BCUT2D eigenvalue weighted by Gasteiger charge is -2.14. The zero-order chi connectivity index (χ0) is 21.6. The van der Waals surface area contributed by atoms with Gasteiger partial charge in [-0.2, -0.15) is 17.5 Å². The number of thiophene rings is 1. The molecule has 0 atom stereocenters. The maximum atomic E-state index is 13.1. The van der Waals surface area contributed by atoms with E-state index in [4.69, 9.17) is 4.74 Å². The molecule has 0 spiro atoms. The molecule has 0 unspecified atom stereocenters. The minimum absolute atomic E-state index is 0.174. The first-order valence-electron chi connectivity index (χ1n) is 8.58. The van der Waals surface area contributed by atoms with Gasteiger partial charge in [-0.25, -0.2) is 9.36 Å². The summed E-state index contributed by atoms with van der Waals surface area (Å²) in [4.78, 5) is 25.9. The zero-order valence-electron chi connectivity index (χ0n) is 15.7. The van der Waals surface area contributed by atoms with Gasteiger partial charge >= 0.3 is 11.9 Å². The highest BCUT2D eigenvalue weighted by molar-refractivity contribution is 7.16. The number of ether oxygens (including phenoxy) is 1. The Kier molecular flexibility index (Phi) is 5.12. The fourth-order valence-corrected chi connectivity index (χ4v) is 4.91. The number of halogens is 3. The third-order valence-corrected chi connectivity index (χ3v) is 6.37. The molecule has 1 aromatic carbocycles. The molecule has 0 fully saturated rings. The van der Waals surface area contributed by atoms with Gasteiger partial charge in [0.15, 0.2) is 0 Å². The number of nitrogens with zero attached hydrogens (tertiary/aromatic N) is 3. The van der Waals surface area contributed by atoms with Crippen LogP contribution in [0.15, 0.2) is 45.3 Å². The summed E-state index contributed by atoms with van der Waals surface area (Å²) < 4.78 is 51.0. The van der Waals surface area contributed by atoms with Crippen LogP contribution in [0.25, 0.3) is 26.3 Å². The molecule has 156 valence electrons. The van der Waals surface area contributed by atoms with Crippen LogP contribution >= 0.6 is 22.9 Å². The van der Waals surface area contributed by atoms with Crippen molar-refractivity contribution < 1.29 is 17.9 Å². The van der Waals surface area contributed by atoms with E-state index in [1.165, 1.54) is 28.9 Å². The molecule has 0 aliphatic carbocycles. The Morgan fingerprint density at radius 2 is 1.93 bits per heavy atom. The molecule has 0 aliphatic rings. The number of hydrogen-bond donors (Lipinski definition) is 0. The van der Waals surface area contributed by atoms with E-state index >= 15 is 0 Å². The van der Waals surface area contributed by atoms with Gasteiger partial charge in [-0.15, -0.1) is 11.3 Å². The van der Waals surface area contributed by atoms with Crippen LogP contribution in [0.3, 0.4) is 0 Å². The van der Waals surface area contributed by atoms with Crippen molar-refractivity contribution in [2.75, 3.05) is 7.11 Å². The van der Waals surface area contributed by atoms with E-state index < -0.39 is 23.1 Å². The van der Waals surface area contributed by atoms with Crippen molar-refractivity contribution in [2.24, 2.45) is 7.05 Å². The molecule has 4 aromatic rings. The molecule has 0 bridgehead atoms. The molecule has 0 N–H and O–H groups in total. The SMILES string of the molecule is COCc1ccsc1-c1nsc2ccc(-n3c(=O)cc(C(F)(F)F)n(C)c3=O)cc12. The number of methoxy groups -OCH3 is 1. The van der Waals surface area contributed by atoms with E-state index in [0.29, 0.717) is 28.3 Å². The van der Waals surface area contributed by atoms with Gasteiger partial charge in [0.2, 0.25) is 0 Å². The van der Waals surface area contributed by atoms with Gasteiger partial charge in [-0.05, 0) is 46.7 Å². The number of alkyl halides is 3. The summed E-state index contributed by atoms with van der Waals surface area (Å²) in [5.74, 6) is 0. The fraction of sp³-hybridized carbons (Fsp3) is 0.211. The lowest BCUT2D eigenvalue weighted by Crippen LogP contribution is -2.40. The molecular weight excluding hydrogens is 439 g/mol. The molecule has 0 aliphatic heterocycles. The first-order valence-corrected chi connectivity index (χ1v) is 10.2. The maximum Gasteiger partial charge on any atom is 0.431 e. The summed E-state index contributed by atoms with van der Waals surface area (Å²) in [6.07, 6.45) is -4.81. The van der Waals surface area contributed by atoms with Crippen molar-refractivity contribution in [2.45, 2.75) is 12.8 Å². The predicted octanol–water partition coefficient (Wildman–Crippen LogP) is 4.04. The normalized spacial score (nSPS) is 12.0. The molecule has 0 amide bonds. The lowest BCUT2D eigenvalue weighted by atomic mass is 10.1.